The van der Waals surface area contributed by atoms with Crippen molar-refractivity contribution in [3.8, 4) is 5.75 Å². The third-order valence-corrected chi connectivity index (χ3v) is 6.01. The predicted molar refractivity (Wildman–Crippen MR) is 145 cm³/mol. The van der Waals surface area contributed by atoms with Gasteiger partial charge in [-0.1, -0.05) is 76.8 Å². The van der Waals surface area contributed by atoms with Crippen LogP contribution in [0.15, 0.2) is 58.8 Å². The molecule has 0 bridgehead atoms. The van der Waals surface area contributed by atoms with Crippen molar-refractivity contribution < 1.29 is 9.53 Å². The van der Waals surface area contributed by atoms with Crippen molar-refractivity contribution in [2.45, 2.75) is 90.4 Å². The van der Waals surface area contributed by atoms with Gasteiger partial charge in [-0.05, 0) is 67.6 Å². The van der Waals surface area contributed by atoms with E-state index in [1.807, 2.05) is 36.4 Å². The molecular weight excluding hydrogens is 436 g/mol. The van der Waals surface area contributed by atoms with Crippen LogP contribution in [0.1, 0.15) is 89.5 Å². The second kappa shape index (κ2) is 18.4. The second-order valence-electron chi connectivity index (χ2n) is 9.14. The molecule has 0 aliphatic heterocycles. The number of carbonyl (C=O) groups excluding carboxylic acids is 1. The molecule has 0 saturated carbocycles. The van der Waals surface area contributed by atoms with E-state index in [4.69, 9.17) is 10.5 Å². The van der Waals surface area contributed by atoms with Crippen molar-refractivity contribution in [2.75, 3.05) is 13.2 Å². The number of nitrogens with one attached hydrogen (secondary N) is 1. The molecule has 2 aromatic carbocycles. The van der Waals surface area contributed by atoms with E-state index in [2.05, 4.69) is 34.6 Å². The van der Waals surface area contributed by atoms with Crippen LogP contribution in [0.4, 0.5) is 16.2 Å². The lowest BCUT2D eigenvalue weighted by Crippen LogP contribution is -2.29. The number of benzene rings is 2. The van der Waals surface area contributed by atoms with Crippen molar-refractivity contribution in [3.63, 3.8) is 0 Å². The summed E-state index contributed by atoms with van der Waals surface area (Å²) in [6.07, 6.45) is 15.6. The molecule has 2 aromatic rings. The third kappa shape index (κ3) is 14.2. The van der Waals surface area contributed by atoms with Gasteiger partial charge < -0.3 is 15.8 Å². The van der Waals surface area contributed by atoms with E-state index in [-0.39, 0.29) is 0 Å². The largest absolute Gasteiger partial charge is 0.494 e. The van der Waals surface area contributed by atoms with E-state index in [0.717, 1.165) is 49.4 Å². The number of ether oxygens (including phenoxy) is 1. The molecule has 0 aliphatic rings. The lowest BCUT2D eigenvalue weighted by molar-refractivity contribution is 0.248. The van der Waals surface area contributed by atoms with E-state index < -0.39 is 6.03 Å². The highest BCUT2D eigenvalue weighted by Crippen LogP contribution is 2.22. The highest BCUT2D eigenvalue weighted by Gasteiger charge is 1.98. The van der Waals surface area contributed by atoms with E-state index in [1.165, 1.54) is 63.4 Å². The molecule has 0 fully saturated rings. The lowest BCUT2D eigenvalue weighted by Gasteiger charge is -2.06. The molecule has 6 heteroatoms. The number of hydrogen-bond acceptors (Lipinski definition) is 4. The fourth-order valence-electron chi connectivity index (χ4n) is 3.90. The highest BCUT2D eigenvalue weighted by molar-refractivity contribution is 5.71. The molecule has 0 unspecified atom stereocenters. The van der Waals surface area contributed by atoms with E-state index >= 15 is 0 Å². The summed E-state index contributed by atoms with van der Waals surface area (Å²) < 4.78 is 5.86. The van der Waals surface area contributed by atoms with Crippen LogP contribution >= 0.6 is 0 Å². The van der Waals surface area contributed by atoms with Gasteiger partial charge in [-0.2, -0.15) is 10.2 Å². The summed E-state index contributed by atoms with van der Waals surface area (Å²) in [5.74, 6) is 0.876. The fraction of sp³-hybridized carbons (Fsp3) is 0.552. The normalized spacial score (nSPS) is 11.1. The Morgan fingerprint density at radius 3 is 1.89 bits per heavy atom. The number of azo groups is 1. The SMILES string of the molecule is CCCCCCc1ccc(N=Nc2ccc(OCCCCCCCCCCNC(N)=O)cc2)cc1. The molecule has 2 rings (SSSR count). The molecule has 0 aromatic heterocycles. The number of carbonyl (C=O) groups is 1. The van der Waals surface area contributed by atoms with Gasteiger partial charge in [-0.25, -0.2) is 4.79 Å². The number of urea groups is 1. The maximum Gasteiger partial charge on any atom is 0.312 e. The number of nitrogens with zero attached hydrogens (tertiary/aromatic N) is 2. The van der Waals surface area contributed by atoms with Gasteiger partial charge in [0.15, 0.2) is 0 Å². The number of rotatable bonds is 19. The topological polar surface area (TPSA) is 89.1 Å². The summed E-state index contributed by atoms with van der Waals surface area (Å²) in [5.41, 5.74) is 8.11. The number of unbranched alkanes of at least 4 members (excludes halogenated alkanes) is 10. The first-order chi connectivity index (χ1) is 17.2. The first-order valence-electron chi connectivity index (χ1n) is 13.4. The minimum Gasteiger partial charge on any atom is -0.494 e. The molecule has 0 heterocycles. The number of amides is 2. The Bertz CT molecular complexity index is 835. The van der Waals surface area contributed by atoms with Crippen molar-refractivity contribution in [2.24, 2.45) is 16.0 Å². The monoisotopic (exact) mass is 480 g/mol. The number of aryl methyl sites for hydroxylation is 1. The van der Waals surface area contributed by atoms with Crippen LogP contribution in [0.25, 0.3) is 0 Å². The van der Waals surface area contributed by atoms with Crippen molar-refractivity contribution >= 4 is 17.4 Å². The fourth-order valence-corrected chi connectivity index (χ4v) is 3.90. The van der Waals surface area contributed by atoms with E-state index in [0.29, 0.717) is 6.54 Å². The Hall–Kier alpha value is -2.89. The van der Waals surface area contributed by atoms with Crippen LogP contribution < -0.4 is 15.8 Å². The number of nitrogens with two attached hydrogens (primary N) is 1. The third-order valence-electron chi connectivity index (χ3n) is 6.01. The van der Waals surface area contributed by atoms with Crippen molar-refractivity contribution in [1.82, 2.24) is 5.32 Å². The van der Waals surface area contributed by atoms with E-state index in [9.17, 15) is 4.79 Å². The zero-order valence-electron chi connectivity index (χ0n) is 21.5. The lowest BCUT2D eigenvalue weighted by atomic mass is 10.1. The first-order valence-corrected chi connectivity index (χ1v) is 13.4. The summed E-state index contributed by atoms with van der Waals surface area (Å²) in [6.45, 7) is 3.67. The van der Waals surface area contributed by atoms with Crippen LogP contribution in [0.3, 0.4) is 0 Å². The second-order valence-corrected chi connectivity index (χ2v) is 9.14. The van der Waals surface area contributed by atoms with Gasteiger partial charge in [0, 0.05) is 6.54 Å². The summed E-state index contributed by atoms with van der Waals surface area (Å²) >= 11 is 0. The molecule has 2 amide bonds. The molecule has 0 atom stereocenters. The molecule has 6 nitrogen and oxygen atoms in total. The zero-order chi connectivity index (χ0) is 25.0. The van der Waals surface area contributed by atoms with E-state index in [1.54, 1.807) is 0 Å². The Morgan fingerprint density at radius 2 is 1.29 bits per heavy atom. The maximum absolute atomic E-state index is 10.6. The Labute approximate surface area is 211 Å². The number of primary amides is 1. The van der Waals surface area contributed by atoms with Crippen molar-refractivity contribution in [1.29, 1.82) is 0 Å². The Balaban J connectivity index is 1.53. The summed E-state index contributed by atoms with van der Waals surface area (Å²) in [5, 5.41) is 11.3. The average Bonchev–Trinajstić information content (AvgIpc) is 2.87. The smallest absolute Gasteiger partial charge is 0.312 e. The molecule has 192 valence electrons. The molecular formula is C29H44N4O2. The Kier molecular flexibility index (Phi) is 14.9. The minimum absolute atomic E-state index is 0.432. The van der Waals surface area contributed by atoms with Gasteiger partial charge in [0.05, 0.1) is 18.0 Å². The molecule has 0 saturated heterocycles. The van der Waals surface area contributed by atoms with Crippen LogP contribution in [-0.2, 0) is 6.42 Å². The average molecular weight is 481 g/mol. The van der Waals surface area contributed by atoms with Gasteiger partial charge in [0.25, 0.3) is 0 Å². The van der Waals surface area contributed by atoms with Gasteiger partial charge >= 0.3 is 6.03 Å². The first kappa shape index (κ1) is 28.3. The molecule has 0 radical (unpaired) electrons. The van der Waals surface area contributed by atoms with Crippen LogP contribution in [-0.4, -0.2) is 19.2 Å². The van der Waals surface area contributed by atoms with Crippen molar-refractivity contribution in [3.05, 3.63) is 54.1 Å². The minimum atomic E-state index is -0.432. The summed E-state index contributed by atoms with van der Waals surface area (Å²) in [4.78, 5) is 10.6. The van der Waals surface area contributed by atoms with Gasteiger partial charge in [0.1, 0.15) is 5.75 Å². The Morgan fingerprint density at radius 1 is 0.743 bits per heavy atom. The highest BCUT2D eigenvalue weighted by atomic mass is 16.5. The van der Waals surface area contributed by atoms with Crippen LogP contribution in [0.5, 0.6) is 5.75 Å². The van der Waals surface area contributed by atoms with Gasteiger partial charge in [0.2, 0.25) is 0 Å². The summed E-state index contributed by atoms with van der Waals surface area (Å²) in [6, 6.07) is 15.8. The quantitative estimate of drug-likeness (QED) is 0.156. The van der Waals surface area contributed by atoms with Gasteiger partial charge in [-0.15, -0.1) is 0 Å². The number of hydrogen-bond donors (Lipinski definition) is 2. The molecule has 3 N–H and O–H groups in total. The zero-order valence-corrected chi connectivity index (χ0v) is 21.5. The molecule has 0 spiro atoms. The van der Waals surface area contributed by atoms with Crippen LogP contribution in [0, 0.1) is 0 Å². The predicted octanol–water partition coefficient (Wildman–Crippen LogP) is 8.39. The maximum atomic E-state index is 10.6. The summed E-state index contributed by atoms with van der Waals surface area (Å²) in [7, 11) is 0. The molecule has 35 heavy (non-hydrogen) atoms. The van der Waals surface area contributed by atoms with Crippen LogP contribution in [0.2, 0.25) is 0 Å². The van der Waals surface area contributed by atoms with Gasteiger partial charge in [-0.3, -0.25) is 0 Å². The standard InChI is InChI=1S/C29H44N4O2/c1-2-3-4-11-14-25-15-17-26(18-16-25)32-33-27-19-21-28(22-20-27)35-24-13-10-8-6-5-7-9-12-23-31-29(30)34/h15-22H,2-14,23-24H2,1H3,(H3,30,31,34). The molecule has 0 aliphatic carbocycles.